The zero-order valence-electron chi connectivity index (χ0n) is 26.6. The highest BCUT2D eigenvalue weighted by atomic mass is 16.5. The largest absolute Gasteiger partial charge is 0.453 e. The number of imidazole rings is 2. The van der Waals surface area contributed by atoms with E-state index in [1.54, 1.807) is 16.6 Å². The van der Waals surface area contributed by atoms with Gasteiger partial charge in [0.15, 0.2) is 5.82 Å². The number of ether oxygens (including phenoxy) is 1. The van der Waals surface area contributed by atoms with Crippen molar-refractivity contribution in [3.63, 3.8) is 0 Å². The third-order valence-corrected chi connectivity index (χ3v) is 8.22. The maximum Gasteiger partial charge on any atom is 0.407 e. The van der Waals surface area contributed by atoms with Gasteiger partial charge >= 0.3 is 11.8 Å². The number of hydrogen-bond donors (Lipinski definition) is 3. The van der Waals surface area contributed by atoms with Crippen LogP contribution in [0.25, 0.3) is 16.6 Å². The summed E-state index contributed by atoms with van der Waals surface area (Å²) >= 11 is 0. The number of carbonyl (C=O) groups excluding carboxylic acids is 2. The number of pyridine rings is 1. The van der Waals surface area contributed by atoms with E-state index in [4.69, 9.17) is 16.3 Å². The normalized spacial score (nSPS) is 27.6. The lowest BCUT2D eigenvalue weighted by molar-refractivity contribution is -0.121. The molecule has 4 N–H and O–H groups in total. The van der Waals surface area contributed by atoms with E-state index >= 15 is 0 Å². The van der Waals surface area contributed by atoms with Gasteiger partial charge in [-0.15, -0.1) is 5.10 Å². The minimum absolute atomic E-state index is 0.0210. The summed E-state index contributed by atoms with van der Waals surface area (Å²) in [6.07, 6.45) is 1.76. The van der Waals surface area contributed by atoms with Gasteiger partial charge in [-0.1, -0.05) is 6.92 Å². The van der Waals surface area contributed by atoms with Crippen LogP contribution in [0.4, 0.5) is 16.4 Å². The Hall–Kier alpha value is -4.42. The molecule has 2 aliphatic carbocycles. The van der Waals surface area contributed by atoms with Crippen molar-refractivity contribution in [1.82, 2.24) is 34.0 Å². The van der Waals surface area contributed by atoms with Crippen molar-refractivity contribution in [3.8, 4) is 0 Å². The van der Waals surface area contributed by atoms with Crippen LogP contribution in [0.5, 0.6) is 0 Å². The number of alkyl carbamates (subject to hydrolysis) is 1. The van der Waals surface area contributed by atoms with Crippen LogP contribution in [0, 0.1) is 19.8 Å². The molecule has 0 saturated heterocycles. The molecule has 4 aromatic heterocycles. The van der Waals surface area contributed by atoms with Gasteiger partial charge in [-0.3, -0.25) is 13.9 Å². The highest BCUT2D eigenvalue weighted by Gasteiger charge is 2.60. The molecule has 4 heterocycles. The molecule has 2 amide bonds. The Morgan fingerprint density at radius 2 is 2.02 bits per heavy atom. The van der Waals surface area contributed by atoms with Crippen molar-refractivity contribution in [3.05, 3.63) is 45.9 Å². The Kier molecular flexibility index (Phi) is 4.85. The molecule has 0 aliphatic heterocycles. The Labute approximate surface area is 235 Å². The summed E-state index contributed by atoms with van der Waals surface area (Å²) in [5.74, 6) is 0.706. The Morgan fingerprint density at radius 3 is 2.70 bits per heavy atom. The number of carbonyl (C=O) groups is 2. The summed E-state index contributed by atoms with van der Waals surface area (Å²) < 4.78 is 41.1. The molecule has 0 unspecified atom stereocenters. The smallest absolute Gasteiger partial charge is 0.407 e. The van der Waals surface area contributed by atoms with E-state index in [-0.39, 0.29) is 30.1 Å². The lowest BCUT2D eigenvalue weighted by atomic mass is 10.0. The number of primary amides is 1. The average Bonchev–Trinajstić information content (AvgIpc) is 3.15. The van der Waals surface area contributed by atoms with Crippen LogP contribution in [-0.2, 0) is 21.9 Å². The Balaban J connectivity index is 1.43. The molecular formula is C27H33N9O4. The molecule has 40 heavy (non-hydrogen) atoms. The monoisotopic (exact) mass is 551 g/mol. The fourth-order valence-corrected chi connectivity index (χ4v) is 6.05. The van der Waals surface area contributed by atoms with Gasteiger partial charge < -0.3 is 21.1 Å². The second-order valence-corrected chi connectivity index (χ2v) is 10.7. The van der Waals surface area contributed by atoms with Crippen molar-refractivity contribution in [2.24, 2.45) is 18.6 Å². The molecular weight excluding hydrogens is 514 g/mol. The second-order valence-electron chi connectivity index (χ2n) is 10.7. The number of nitrogens with zero attached hydrogens (tertiary/aromatic N) is 6. The summed E-state index contributed by atoms with van der Waals surface area (Å²) in [7, 11) is 1.20. The molecule has 4 aromatic rings. The van der Waals surface area contributed by atoms with Crippen LogP contribution in [0.2, 0.25) is 0 Å². The zero-order chi connectivity index (χ0) is 31.9. The first kappa shape index (κ1) is 21.4. The number of amides is 2. The maximum absolute atomic E-state index is 13.6. The lowest BCUT2D eigenvalue weighted by Crippen LogP contribution is -2.33. The summed E-state index contributed by atoms with van der Waals surface area (Å²) in [6.45, 7) is 2.91. The molecule has 210 valence electrons. The highest BCUT2D eigenvalue weighted by molar-refractivity contribution is 5.90. The van der Waals surface area contributed by atoms with Crippen LogP contribution < -0.4 is 22.1 Å². The molecule has 0 aromatic carbocycles. The van der Waals surface area contributed by atoms with Crippen molar-refractivity contribution >= 4 is 40.2 Å². The Morgan fingerprint density at radius 1 is 1.25 bits per heavy atom. The first-order valence-electron chi connectivity index (χ1n) is 15.0. The van der Waals surface area contributed by atoms with E-state index in [9.17, 15) is 14.4 Å². The van der Waals surface area contributed by atoms with Gasteiger partial charge in [0.2, 0.25) is 5.91 Å². The third kappa shape index (κ3) is 3.82. The predicted octanol–water partition coefficient (Wildman–Crippen LogP) is 2.35. The lowest BCUT2D eigenvalue weighted by Gasteiger charge is -2.15. The number of anilines is 2. The number of nitrogens with one attached hydrogen (secondary N) is 2. The Bertz CT molecular complexity index is 1920. The topological polar surface area (TPSA) is 163 Å². The molecule has 6 rings (SSSR count). The molecule has 0 bridgehead atoms. The molecule has 2 fully saturated rings. The van der Waals surface area contributed by atoms with Crippen LogP contribution in [-0.4, -0.2) is 53.8 Å². The van der Waals surface area contributed by atoms with Gasteiger partial charge in [-0.25, -0.2) is 24.1 Å². The first-order valence-corrected chi connectivity index (χ1v) is 13.0. The van der Waals surface area contributed by atoms with Crippen LogP contribution in [0.1, 0.15) is 61.2 Å². The summed E-state index contributed by atoms with van der Waals surface area (Å²) in [5, 5.41) is 10.4. The average molecular weight is 552 g/mol. The maximum atomic E-state index is 13.6. The summed E-state index contributed by atoms with van der Waals surface area (Å²) in [4.78, 5) is 47.0. The second kappa shape index (κ2) is 9.07. The van der Waals surface area contributed by atoms with Gasteiger partial charge in [0.1, 0.15) is 17.1 Å². The van der Waals surface area contributed by atoms with E-state index in [0.717, 1.165) is 16.8 Å². The number of rotatable bonds is 6. The minimum atomic E-state index is -2.78. The van der Waals surface area contributed by atoms with E-state index in [2.05, 4.69) is 25.3 Å². The van der Waals surface area contributed by atoms with E-state index in [0.29, 0.717) is 34.6 Å². The number of nitrogens with two attached hydrogens (primary N) is 1. The van der Waals surface area contributed by atoms with Crippen molar-refractivity contribution < 1.29 is 19.8 Å². The molecule has 2 saturated carbocycles. The van der Waals surface area contributed by atoms with Crippen molar-refractivity contribution in [2.75, 3.05) is 12.4 Å². The van der Waals surface area contributed by atoms with Crippen LogP contribution in [0.3, 0.4) is 0 Å². The quantitative estimate of drug-likeness (QED) is 0.329. The van der Waals surface area contributed by atoms with Gasteiger partial charge in [-0.2, -0.15) is 0 Å². The number of hydrogen-bond acceptors (Lipinski definition) is 8. The fraction of sp³-hybridized carbons (Fsp3) is 0.481. The third-order valence-electron chi connectivity index (χ3n) is 8.22. The van der Waals surface area contributed by atoms with E-state index < -0.39 is 42.1 Å². The SMILES string of the molecule is [2H]C([2H])([2H])n1c(=O)n([C@@H]2CC[C@@]([2H])(NC(=O)OC)C2)c2cc(Nc3cc(C)c4c(C)nc([C@@]5(C(N)=O)C[C@@H]5C)n4n3)ncc21. The van der Waals surface area contributed by atoms with Gasteiger partial charge in [0.25, 0.3) is 0 Å². The number of methoxy groups -OCH3 is 1. The minimum Gasteiger partial charge on any atom is -0.453 e. The van der Waals surface area contributed by atoms with Gasteiger partial charge in [0.05, 0.1) is 36.9 Å². The fourth-order valence-electron chi connectivity index (χ4n) is 6.05. The zero-order valence-corrected chi connectivity index (χ0v) is 22.6. The first-order chi connectivity index (χ1) is 20.6. The molecule has 0 radical (unpaired) electrons. The summed E-state index contributed by atoms with van der Waals surface area (Å²) in [5.41, 5.74) is 6.86. The number of fused-ring (bicyclic) bond motifs is 2. The number of aryl methyl sites for hydroxylation is 3. The highest BCUT2D eigenvalue weighted by Crippen LogP contribution is 2.53. The molecule has 2 aliphatic rings. The molecule has 4 atom stereocenters. The standard InChI is InChI=1S/C27H33N9O4/c1-13-8-21(33-36-22(13)15(3)30-24(36)27(23(28)37)11-14(27)2)32-20-10-18-19(12-29-20)34(4)26(39)35(18)17-7-6-16(9-17)31-25(38)40-5/h8,10,12,14,16-17H,6-7,9,11H2,1-5H3,(H2,28,37)(H,31,38)(H,29,32,33)/t14-,16+,17+,27-/m0/s1/i4D3,16D. The van der Waals surface area contributed by atoms with E-state index in [1.807, 2.05) is 20.8 Å². The van der Waals surface area contributed by atoms with Crippen LogP contribution >= 0.6 is 0 Å². The van der Waals surface area contributed by atoms with E-state index in [1.165, 1.54) is 17.9 Å². The number of aromatic nitrogens is 6. The van der Waals surface area contributed by atoms with Crippen LogP contribution in [0.15, 0.2) is 23.1 Å². The molecule has 13 heteroatoms. The predicted molar refractivity (Wildman–Crippen MR) is 148 cm³/mol. The van der Waals surface area contributed by atoms with Crippen molar-refractivity contribution in [1.29, 1.82) is 0 Å². The van der Waals surface area contributed by atoms with Gasteiger partial charge in [-0.05, 0) is 57.1 Å². The summed E-state index contributed by atoms with van der Waals surface area (Å²) in [6, 6.07) is 1.40. The van der Waals surface area contributed by atoms with Gasteiger partial charge in [0, 0.05) is 29.2 Å². The molecule has 0 spiro atoms. The van der Waals surface area contributed by atoms with Crippen molar-refractivity contribution in [2.45, 2.75) is 63.9 Å². The molecule has 13 nitrogen and oxygen atoms in total.